The van der Waals surface area contributed by atoms with Gasteiger partial charge in [0.15, 0.2) is 11.2 Å². The zero-order valence-electron chi connectivity index (χ0n) is 14.7. The van der Waals surface area contributed by atoms with E-state index in [1.54, 1.807) is 17.5 Å². The van der Waals surface area contributed by atoms with Crippen molar-refractivity contribution >= 4 is 32.7 Å². The number of rotatable bonds is 2. The molecule has 0 saturated heterocycles. The number of hydrogen-bond donors (Lipinski definition) is 2. The molecule has 0 bridgehead atoms. The van der Waals surface area contributed by atoms with E-state index in [0.717, 1.165) is 38.4 Å². The van der Waals surface area contributed by atoms with Crippen molar-refractivity contribution in [3.05, 3.63) is 63.5 Å². The fourth-order valence-electron chi connectivity index (χ4n) is 3.34. The lowest BCUT2D eigenvalue weighted by Crippen LogP contribution is -2.07. The molecule has 0 fully saturated rings. The summed E-state index contributed by atoms with van der Waals surface area (Å²) in [5.41, 5.74) is 8.79. The van der Waals surface area contributed by atoms with E-state index in [1.807, 2.05) is 31.5 Å². The topological polar surface area (TPSA) is 87.3 Å². The number of hydrogen-bond acceptors (Lipinski definition) is 5. The maximum Gasteiger partial charge on any atom is 0.209 e. The van der Waals surface area contributed by atoms with Crippen molar-refractivity contribution in [2.45, 2.75) is 13.8 Å². The first kappa shape index (κ1) is 15.9. The third-order valence-electron chi connectivity index (χ3n) is 4.58. The molecule has 27 heavy (non-hydrogen) atoms. The van der Waals surface area contributed by atoms with Crippen molar-refractivity contribution in [1.29, 1.82) is 0 Å². The van der Waals surface area contributed by atoms with E-state index >= 15 is 0 Å². The number of nitrogens with one attached hydrogen (secondary N) is 2. The molecule has 132 valence electrons. The van der Waals surface area contributed by atoms with Crippen LogP contribution in [-0.4, -0.2) is 24.9 Å². The van der Waals surface area contributed by atoms with Crippen molar-refractivity contribution in [2.24, 2.45) is 0 Å². The summed E-state index contributed by atoms with van der Waals surface area (Å²) >= 11 is 1.58. The zero-order chi connectivity index (χ0) is 18.5. The van der Waals surface area contributed by atoms with Crippen LogP contribution in [0.15, 0.2) is 46.8 Å². The molecule has 6 nitrogen and oxygen atoms in total. The molecule has 5 rings (SSSR count). The van der Waals surface area contributed by atoms with Crippen LogP contribution in [0, 0.1) is 13.8 Å². The minimum atomic E-state index is -0.151. The van der Waals surface area contributed by atoms with Crippen molar-refractivity contribution < 1.29 is 0 Å². The molecule has 0 unspecified atom stereocenters. The van der Waals surface area contributed by atoms with Gasteiger partial charge in [-0.05, 0) is 37.6 Å². The Hall–Kier alpha value is -3.32. The maximum atomic E-state index is 12.3. The lowest BCUT2D eigenvalue weighted by atomic mass is 10.1. The van der Waals surface area contributed by atoms with E-state index in [4.69, 9.17) is 9.97 Å². The Kier molecular flexibility index (Phi) is 3.45. The molecule has 0 spiro atoms. The minimum Gasteiger partial charge on any atom is -0.357 e. The summed E-state index contributed by atoms with van der Waals surface area (Å²) < 4.78 is 1.07. The zero-order valence-corrected chi connectivity index (χ0v) is 15.5. The van der Waals surface area contributed by atoms with E-state index in [-0.39, 0.29) is 5.43 Å². The molecule has 1 aromatic carbocycles. The monoisotopic (exact) mass is 373 g/mol. The first-order valence-electron chi connectivity index (χ1n) is 8.50. The molecule has 0 radical (unpaired) electrons. The lowest BCUT2D eigenvalue weighted by molar-refractivity contribution is 1.18. The van der Waals surface area contributed by atoms with Crippen molar-refractivity contribution in [1.82, 2.24) is 24.9 Å². The van der Waals surface area contributed by atoms with Crippen LogP contribution in [0.25, 0.3) is 44.0 Å². The predicted octanol–water partition coefficient (Wildman–Crippen LogP) is 4.21. The van der Waals surface area contributed by atoms with Gasteiger partial charge in [0.1, 0.15) is 5.69 Å². The first-order valence-corrected chi connectivity index (χ1v) is 9.38. The summed E-state index contributed by atoms with van der Waals surface area (Å²) in [6, 6.07) is 9.54. The van der Waals surface area contributed by atoms with Crippen LogP contribution >= 0.6 is 11.3 Å². The average molecular weight is 373 g/mol. The molecular formula is C20H15N5OS. The Bertz CT molecular complexity index is 1380. The highest BCUT2D eigenvalue weighted by atomic mass is 32.1. The summed E-state index contributed by atoms with van der Waals surface area (Å²) in [5, 5.41) is 0. The van der Waals surface area contributed by atoms with E-state index < -0.39 is 0 Å². The molecule has 0 aliphatic carbocycles. The third kappa shape index (κ3) is 2.55. The molecule has 4 heterocycles. The van der Waals surface area contributed by atoms with E-state index in [1.165, 1.54) is 6.07 Å². The Morgan fingerprint density at radius 3 is 2.74 bits per heavy atom. The van der Waals surface area contributed by atoms with Crippen LogP contribution in [0.3, 0.4) is 0 Å². The molecule has 0 amide bonds. The van der Waals surface area contributed by atoms with E-state index in [9.17, 15) is 4.79 Å². The molecule has 2 N–H and O–H groups in total. The highest BCUT2D eigenvalue weighted by Crippen LogP contribution is 2.33. The summed E-state index contributed by atoms with van der Waals surface area (Å²) in [4.78, 5) is 32.5. The van der Waals surface area contributed by atoms with Gasteiger partial charge >= 0.3 is 0 Å². The predicted molar refractivity (Wildman–Crippen MR) is 108 cm³/mol. The van der Waals surface area contributed by atoms with Crippen LogP contribution in [0.2, 0.25) is 0 Å². The molecule has 4 aromatic heterocycles. The molecule has 0 aliphatic heterocycles. The molecule has 5 aromatic rings. The van der Waals surface area contributed by atoms with E-state index in [0.29, 0.717) is 16.9 Å². The van der Waals surface area contributed by atoms with Crippen molar-refractivity contribution in [2.75, 3.05) is 0 Å². The number of nitrogens with zero attached hydrogens (tertiary/aromatic N) is 3. The first-order chi connectivity index (χ1) is 13.1. The summed E-state index contributed by atoms with van der Waals surface area (Å²) in [6.07, 6.45) is 1.60. The lowest BCUT2D eigenvalue weighted by Gasteiger charge is -2.10. The van der Waals surface area contributed by atoms with E-state index in [2.05, 4.69) is 27.1 Å². The van der Waals surface area contributed by atoms with Gasteiger partial charge in [0.25, 0.3) is 0 Å². The molecular weight excluding hydrogens is 358 g/mol. The second-order valence-corrected chi connectivity index (χ2v) is 7.39. The number of thiazole rings is 1. The van der Waals surface area contributed by atoms with Gasteiger partial charge < -0.3 is 9.97 Å². The highest BCUT2D eigenvalue weighted by molar-refractivity contribution is 7.16. The molecule has 0 saturated carbocycles. The van der Waals surface area contributed by atoms with Gasteiger partial charge in [0, 0.05) is 23.5 Å². The number of pyridine rings is 1. The minimum absolute atomic E-state index is 0.151. The smallest absolute Gasteiger partial charge is 0.209 e. The van der Waals surface area contributed by atoms with Crippen LogP contribution in [0.4, 0.5) is 0 Å². The fourth-order valence-corrected chi connectivity index (χ4v) is 4.05. The molecule has 7 heteroatoms. The number of aromatic amines is 2. The SMILES string of the molecule is Cc1cc(C)c(-c2nc3[nH]ccc(=O)c3nc2-c2ccc3ncsc3c2)[nH]1. The van der Waals surface area contributed by atoms with Gasteiger partial charge in [-0.1, -0.05) is 6.07 Å². The average Bonchev–Trinajstić information content (AvgIpc) is 3.26. The Morgan fingerprint density at radius 2 is 1.93 bits per heavy atom. The second-order valence-electron chi connectivity index (χ2n) is 6.51. The summed E-state index contributed by atoms with van der Waals surface area (Å²) in [5.74, 6) is 0. The maximum absolute atomic E-state index is 12.3. The largest absolute Gasteiger partial charge is 0.357 e. The van der Waals surface area contributed by atoms with Gasteiger partial charge in [0.2, 0.25) is 5.43 Å². The van der Waals surface area contributed by atoms with Gasteiger partial charge in [-0.15, -0.1) is 11.3 Å². The normalized spacial score (nSPS) is 11.5. The Labute approximate surface area is 158 Å². The highest BCUT2D eigenvalue weighted by Gasteiger charge is 2.18. The quantitative estimate of drug-likeness (QED) is 0.485. The van der Waals surface area contributed by atoms with Gasteiger partial charge in [-0.2, -0.15) is 0 Å². The Balaban J connectivity index is 1.87. The fraction of sp³-hybridized carbons (Fsp3) is 0.100. The Morgan fingerprint density at radius 1 is 1.04 bits per heavy atom. The summed E-state index contributed by atoms with van der Waals surface area (Å²) in [6.45, 7) is 4.05. The second kappa shape index (κ2) is 5.85. The van der Waals surface area contributed by atoms with Crippen LogP contribution < -0.4 is 5.43 Å². The van der Waals surface area contributed by atoms with Crippen LogP contribution in [0.5, 0.6) is 0 Å². The number of aromatic nitrogens is 5. The number of benzene rings is 1. The van der Waals surface area contributed by atoms with Crippen LogP contribution in [0.1, 0.15) is 11.3 Å². The van der Waals surface area contributed by atoms with Gasteiger partial charge in [-0.25, -0.2) is 15.0 Å². The molecule has 0 atom stereocenters. The summed E-state index contributed by atoms with van der Waals surface area (Å²) in [7, 11) is 0. The van der Waals surface area contributed by atoms with Gasteiger partial charge in [0.05, 0.1) is 27.1 Å². The van der Waals surface area contributed by atoms with Gasteiger partial charge in [-0.3, -0.25) is 4.79 Å². The third-order valence-corrected chi connectivity index (χ3v) is 5.37. The van der Waals surface area contributed by atoms with Crippen LogP contribution in [-0.2, 0) is 0 Å². The van der Waals surface area contributed by atoms with Crippen molar-refractivity contribution in [3.8, 4) is 22.6 Å². The van der Waals surface area contributed by atoms with Crippen molar-refractivity contribution in [3.63, 3.8) is 0 Å². The number of aryl methyl sites for hydroxylation is 2. The standard InChI is InChI=1S/C20H15N5OS/c1-10-7-11(2)23-16(10)19-17(12-3-4-13-15(8-12)27-9-22-13)24-18-14(26)5-6-21-20(18)25-19/h3-9,23H,1-2H3,(H,21,25,26). The number of fused-ring (bicyclic) bond motifs is 2. The molecule has 0 aliphatic rings. The number of H-pyrrole nitrogens is 2.